The van der Waals surface area contributed by atoms with Gasteiger partial charge in [0, 0.05) is 11.6 Å². The van der Waals surface area contributed by atoms with Crippen molar-refractivity contribution in [3.63, 3.8) is 0 Å². The fraction of sp³-hybridized carbons (Fsp3) is 0. The lowest BCUT2D eigenvalue weighted by molar-refractivity contribution is 0.436. The number of phenols is 1. The Kier molecular flexibility index (Phi) is 1.98. The summed E-state index contributed by atoms with van der Waals surface area (Å²) in [5.41, 5.74) is 7.76. The molecule has 0 fully saturated rings. The van der Waals surface area contributed by atoms with Gasteiger partial charge in [0.15, 0.2) is 0 Å². The van der Waals surface area contributed by atoms with Crippen LogP contribution in [-0.2, 0) is 0 Å². The van der Waals surface area contributed by atoms with Gasteiger partial charge in [0.2, 0.25) is 5.88 Å². The third kappa shape index (κ3) is 1.40. The van der Waals surface area contributed by atoms with Gasteiger partial charge in [-0.1, -0.05) is 11.2 Å². The molecule has 0 aliphatic carbocycles. The number of benzene rings is 1. The molecule has 0 unspecified atom stereocenters. The second kappa shape index (κ2) is 3.48. The van der Waals surface area contributed by atoms with Gasteiger partial charge in [-0.2, -0.15) is 0 Å². The highest BCUT2D eigenvalue weighted by Gasteiger charge is 2.12. The number of phenolic OH excluding ortho intramolecular Hbond substituents is 1. The monoisotopic (exact) mass is 227 g/mol. The first-order valence-corrected chi connectivity index (χ1v) is 5.04. The molecule has 1 aromatic carbocycles. The number of hydrogen-bond donors (Lipinski definition) is 2. The summed E-state index contributed by atoms with van der Waals surface area (Å²) in [4.78, 5) is 4.14. The Morgan fingerprint density at radius 3 is 2.82 bits per heavy atom. The second-order valence-corrected chi connectivity index (χ2v) is 3.64. The molecule has 84 valence electrons. The minimum Gasteiger partial charge on any atom is -0.506 e. The number of aromatic hydroxyl groups is 1. The number of hydrogen-bond acceptors (Lipinski definition) is 5. The van der Waals surface area contributed by atoms with Gasteiger partial charge in [-0.05, 0) is 23.8 Å². The van der Waals surface area contributed by atoms with Crippen molar-refractivity contribution in [1.82, 2.24) is 10.1 Å². The average Bonchev–Trinajstić information content (AvgIpc) is 2.77. The molecule has 0 aliphatic heterocycles. The zero-order valence-electron chi connectivity index (χ0n) is 8.79. The van der Waals surface area contributed by atoms with Gasteiger partial charge < -0.3 is 15.4 Å². The fourth-order valence-corrected chi connectivity index (χ4v) is 1.84. The van der Waals surface area contributed by atoms with Gasteiger partial charge in [-0.15, -0.1) is 0 Å². The van der Waals surface area contributed by atoms with E-state index in [9.17, 15) is 5.11 Å². The van der Waals surface area contributed by atoms with Crippen LogP contribution in [0.1, 0.15) is 0 Å². The summed E-state index contributed by atoms with van der Waals surface area (Å²) < 4.78 is 4.84. The lowest BCUT2D eigenvalue weighted by atomic mass is 10.0. The van der Waals surface area contributed by atoms with E-state index in [0.29, 0.717) is 11.1 Å². The Hall–Kier alpha value is -2.56. The maximum absolute atomic E-state index is 9.73. The standard InChI is InChI=1S/C12H9N3O2/c13-12-9(6-15-17-12)7-3-4-10(16)11-8(7)2-1-5-14-11/h1-6,16H,13H2. The maximum Gasteiger partial charge on any atom is 0.229 e. The topological polar surface area (TPSA) is 85.2 Å². The minimum absolute atomic E-state index is 0.138. The van der Waals surface area contributed by atoms with Crippen LogP contribution in [0.4, 0.5) is 5.88 Å². The number of aromatic nitrogens is 2. The summed E-state index contributed by atoms with van der Waals surface area (Å²) in [5.74, 6) is 0.389. The Labute approximate surface area is 96.5 Å². The van der Waals surface area contributed by atoms with Gasteiger partial charge in [-0.3, -0.25) is 4.98 Å². The molecule has 0 bridgehead atoms. The molecule has 0 saturated carbocycles. The van der Waals surface area contributed by atoms with Crippen LogP contribution in [0.15, 0.2) is 41.2 Å². The van der Waals surface area contributed by atoms with E-state index < -0.39 is 0 Å². The van der Waals surface area contributed by atoms with Gasteiger partial charge in [0.1, 0.15) is 11.3 Å². The van der Waals surface area contributed by atoms with E-state index in [2.05, 4.69) is 10.1 Å². The highest BCUT2D eigenvalue weighted by Crippen LogP contribution is 2.34. The second-order valence-electron chi connectivity index (χ2n) is 3.64. The number of nitrogens with two attached hydrogens (primary N) is 1. The largest absolute Gasteiger partial charge is 0.506 e. The molecule has 0 radical (unpaired) electrons. The molecule has 2 aromatic heterocycles. The third-order valence-corrected chi connectivity index (χ3v) is 2.64. The number of anilines is 1. The van der Waals surface area contributed by atoms with Gasteiger partial charge in [0.25, 0.3) is 0 Å². The molecule has 3 rings (SSSR count). The van der Waals surface area contributed by atoms with Crippen molar-refractivity contribution in [1.29, 1.82) is 0 Å². The Bertz CT molecular complexity index is 691. The van der Waals surface area contributed by atoms with Crippen LogP contribution in [0.2, 0.25) is 0 Å². The Morgan fingerprint density at radius 2 is 2.06 bits per heavy atom. The molecule has 17 heavy (non-hydrogen) atoms. The molecular weight excluding hydrogens is 218 g/mol. The van der Waals surface area contributed by atoms with Crippen molar-refractivity contribution in [2.24, 2.45) is 0 Å². The molecule has 5 nitrogen and oxygen atoms in total. The quantitative estimate of drug-likeness (QED) is 0.665. The predicted octanol–water partition coefficient (Wildman–Crippen LogP) is 2.18. The van der Waals surface area contributed by atoms with E-state index in [0.717, 1.165) is 10.9 Å². The van der Waals surface area contributed by atoms with Crippen LogP contribution in [0.5, 0.6) is 5.75 Å². The summed E-state index contributed by atoms with van der Waals surface area (Å²) in [6, 6.07) is 7.01. The van der Waals surface area contributed by atoms with Gasteiger partial charge >= 0.3 is 0 Å². The van der Waals surface area contributed by atoms with Crippen LogP contribution in [0, 0.1) is 0 Å². The fourth-order valence-electron chi connectivity index (χ4n) is 1.84. The summed E-state index contributed by atoms with van der Waals surface area (Å²) >= 11 is 0. The normalized spacial score (nSPS) is 10.8. The molecule has 5 heteroatoms. The van der Waals surface area contributed by atoms with Crippen molar-refractivity contribution < 1.29 is 9.63 Å². The summed E-state index contributed by atoms with van der Waals surface area (Å²) in [5, 5.41) is 14.2. The molecule has 0 aliphatic rings. The molecule has 0 amide bonds. The van der Waals surface area contributed by atoms with Crippen LogP contribution < -0.4 is 5.73 Å². The molecule has 2 heterocycles. The van der Waals surface area contributed by atoms with E-state index in [1.54, 1.807) is 30.6 Å². The van der Waals surface area contributed by atoms with Crippen molar-refractivity contribution in [2.45, 2.75) is 0 Å². The van der Waals surface area contributed by atoms with Crippen LogP contribution in [0.3, 0.4) is 0 Å². The van der Waals surface area contributed by atoms with Crippen molar-refractivity contribution in [3.8, 4) is 16.9 Å². The van der Waals surface area contributed by atoms with Crippen LogP contribution in [0.25, 0.3) is 22.0 Å². The molecule has 0 spiro atoms. The van der Waals surface area contributed by atoms with Crippen molar-refractivity contribution in [2.75, 3.05) is 5.73 Å². The number of nitrogen functional groups attached to an aromatic ring is 1. The number of fused-ring (bicyclic) bond motifs is 1. The zero-order valence-corrected chi connectivity index (χ0v) is 8.79. The summed E-state index contributed by atoms with van der Waals surface area (Å²) in [6.07, 6.45) is 3.18. The zero-order chi connectivity index (χ0) is 11.8. The van der Waals surface area contributed by atoms with Crippen LogP contribution >= 0.6 is 0 Å². The Balaban J connectivity index is 2.39. The highest BCUT2D eigenvalue weighted by atomic mass is 16.5. The number of nitrogens with zero attached hydrogens (tertiary/aromatic N) is 2. The lowest BCUT2D eigenvalue weighted by Gasteiger charge is -2.05. The smallest absolute Gasteiger partial charge is 0.229 e. The van der Waals surface area contributed by atoms with Gasteiger partial charge in [-0.25, -0.2) is 0 Å². The van der Waals surface area contributed by atoms with E-state index in [1.807, 2.05) is 6.07 Å². The minimum atomic E-state index is 0.138. The van der Waals surface area contributed by atoms with E-state index >= 15 is 0 Å². The highest BCUT2D eigenvalue weighted by molar-refractivity contribution is 5.99. The van der Waals surface area contributed by atoms with E-state index in [-0.39, 0.29) is 11.6 Å². The van der Waals surface area contributed by atoms with Crippen molar-refractivity contribution in [3.05, 3.63) is 36.7 Å². The third-order valence-electron chi connectivity index (χ3n) is 2.64. The number of rotatable bonds is 1. The maximum atomic E-state index is 9.73. The first-order chi connectivity index (χ1) is 8.27. The first-order valence-electron chi connectivity index (χ1n) is 5.04. The summed E-state index contributed by atoms with van der Waals surface area (Å²) in [6.45, 7) is 0. The molecule has 0 saturated heterocycles. The molecule has 0 atom stereocenters. The van der Waals surface area contributed by atoms with E-state index in [4.69, 9.17) is 10.3 Å². The number of pyridine rings is 1. The SMILES string of the molecule is Nc1oncc1-c1ccc(O)c2ncccc12. The van der Waals surface area contributed by atoms with Crippen molar-refractivity contribution >= 4 is 16.8 Å². The van der Waals surface area contributed by atoms with Gasteiger partial charge in [0.05, 0.1) is 11.8 Å². The molecule has 3 N–H and O–H groups in total. The van der Waals surface area contributed by atoms with Crippen LogP contribution in [-0.4, -0.2) is 15.2 Å². The average molecular weight is 227 g/mol. The predicted molar refractivity (Wildman–Crippen MR) is 63.3 cm³/mol. The van der Waals surface area contributed by atoms with E-state index in [1.165, 1.54) is 0 Å². The Morgan fingerprint density at radius 1 is 1.18 bits per heavy atom. The lowest BCUT2D eigenvalue weighted by Crippen LogP contribution is -1.87. The summed E-state index contributed by atoms with van der Waals surface area (Å²) in [7, 11) is 0. The molecule has 3 aromatic rings. The first kappa shape index (κ1) is 9.65. The molecular formula is C12H9N3O2.